The summed E-state index contributed by atoms with van der Waals surface area (Å²) in [5, 5.41) is 9.36. The lowest BCUT2D eigenvalue weighted by atomic mass is 10.0. The molecule has 2 amide bonds. The number of piperazine rings is 1. The van der Waals surface area contributed by atoms with Crippen molar-refractivity contribution >= 4 is 11.8 Å². The molecule has 3 saturated heterocycles. The van der Waals surface area contributed by atoms with Crippen molar-refractivity contribution in [3.63, 3.8) is 0 Å². The zero-order chi connectivity index (χ0) is 21.9. The Labute approximate surface area is 181 Å². The number of hydrogen-bond acceptors (Lipinski definition) is 5. The Morgan fingerprint density at radius 2 is 2.03 bits per heavy atom. The molecule has 2 N–H and O–H groups in total. The van der Waals surface area contributed by atoms with Crippen LogP contribution < -0.4 is 5.73 Å². The lowest BCUT2D eigenvalue weighted by molar-refractivity contribution is -0.141. The van der Waals surface area contributed by atoms with E-state index in [1.54, 1.807) is 17.0 Å². The maximum absolute atomic E-state index is 13.3. The van der Waals surface area contributed by atoms with Crippen molar-refractivity contribution in [2.24, 2.45) is 11.7 Å². The van der Waals surface area contributed by atoms with E-state index in [1.165, 1.54) is 12.1 Å². The van der Waals surface area contributed by atoms with Crippen molar-refractivity contribution in [2.45, 2.75) is 68.9 Å². The first kappa shape index (κ1) is 20.4. The minimum atomic E-state index is -0.727. The van der Waals surface area contributed by atoms with Crippen LogP contribution in [0.3, 0.4) is 0 Å². The number of benzene rings is 1. The van der Waals surface area contributed by atoms with Gasteiger partial charge in [0.15, 0.2) is 0 Å². The molecule has 1 unspecified atom stereocenters. The third kappa shape index (κ3) is 3.31. The molecule has 1 aromatic carbocycles. The molecule has 1 saturated carbocycles. The van der Waals surface area contributed by atoms with Gasteiger partial charge < -0.3 is 15.5 Å². The van der Waals surface area contributed by atoms with Gasteiger partial charge >= 0.3 is 0 Å². The monoisotopic (exact) mass is 425 g/mol. The highest BCUT2D eigenvalue weighted by atomic mass is 19.1. The van der Waals surface area contributed by atoms with E-state index < -0.39 is 6.04 Å². The molecule has 7 nitrogen and oxygen atoms in total. The van der Waals surface area contributed by atoms with E-state index in [1.807, 2.05) is 16.7 Å². The summed E-state index contributed by atoms with van der Waals surface area (Å²) in [4.78, 5) is 31.8. The molecule has 8 heteroatoms. The van der Waals surface area contributed by atoms with Crippen molar-refractivity contribution in [1.29, 1.82) is 5.26 Å². The third-order valence-corrected chi connectivity index (χ3v) is 7.55. The number of amides is 2. The van der Waals surface area contributed by atoms with E-state index in [-0.39, 0.29) is 47.8 Å². The number of rotatable bonds is 6. The molecular formula is C23H28FN5O2. The minimum absolute atomic E-state index is 0.0606. The predicted molar refractivity (Wildman–Crippen MR) is 111 cm³/mol. The number of nitrogens with zero attached hydrogens (tertiary/aromatic N) is 4. The fourth-order valence-corrected chi connectivity index (χ4v) is 5.99. The number of carbonyl (C=O) groups excluding carboxylic acids is 2. The van der Waals surface area contributed by atoms with Crippen LogP contribution in [0.25, 0.3) is 0 Å². The highest BCUT2D eigenvalue weighted by Crippen LogP contribution is 2.48. The fourth-order valence-electron chi connectivity index (χ4n) is 5.99. The van der Waals surface area contributed by atoms with Gasteiger partial charge in [-0.25, -0.2) is 4.39 Å². The molecule has 5 rings (SSSR count). The third-order valence-electron chi connectivity index (χ3n) is 7.55. The second-order valence-electron chi connectivity index (χ2n) is 9.38. The number of likely N-dealkylation sites (tertiary alicyclic amines) is 3. The Balaban J connectivity index is 1.25. The van der Waals surface area contributed by atoms with E-state index in [0.717, 1.165) is 31.2 Å². The van der Waals surface area contributed by atoms with Crippen LogP contribution in [-0.2, 0) is 9.59 Å². The lowest BCUT2D eigenvalue weighted by Crippen LogP contribution is -2.57. The summed E-state index contributed by atoms with van der Waals surface area (Å²) in [7, 11) is 0. The Bertz CT molecular complexity index is 931. The number of halogens is 1. The largest absolute Gasteiger partial charge is 0.330 e. The molecule has 0 spiro atoms. The van der Waals surface area contributed by atoms with Crippen molar-refractivity contribution in [2.75, 3.05) is 13.1 Å². The summed E-state index contributed by atoms with van der Waals surface area (Å²) in [5.74, 6) is 0.0646. The second kappa shape index (κ2) is 7.57. The molecule has 31 heavy (non-hydrogen) atoms. The molecule has 3 aliphatic heterocycles. The van der Waals surface area contributed by atoms with Crippen LogP contribution in [0.2, 0.25) is 0 Å². The van der Waals surface area contributed by atoms with Gasteiger partial charge in [0.25, 0.3) is 0 Å². The molecule has 3 heterocycles. The topological polar surface area (TPSA) is 93.7 Å². The molecule has 0 aromatic heterocycles. The summed E-state index contributed by atoms with van der Waals surface area (Å²) in [6.45, 7) is 3.05. The van der Waals surface area contributed by atoms with E-state index in [9.17, 15) is 19.2 Å². The van der Waals surface area contributed by atoms with Gasteiger partial charge in [0, 0.05) is 25.2 Å². The highest BCUT2D eigenvalue weighted by molar-refractivity contribution is 5.87. The zero-order valence-corrected chi connectivity index (χ0v) is 17.7. The number of carbonyl (C=O) groups is 2. The number of fused-ring (bicyclic) bond motifs is 3. The quantitative estimate of drug-likeness (QED) is 0.744. The van der Waals surface area contributed by atoms with Crippen LogP contribution in [0.1, 0.15) is 44.2 Å². The minimum Gasteiger partial charge on any atom is -0.330 e. The van der Waals surface area contributed by atoms with Crippen LogP contribution in [0.5, 0.6) is 0 Å². The van der Waals surface area contributed by atoms with Gasteiger partial charge in [0.1, 0.15) is 11.9 Å². The Morgan fingerprint density at radius 3 is 2.68 bits per heavy atom. The van der Waals surface area contributed by atoms with Gasteiger partial charge in [-0.3, -0.25) is 14.5 Å². The first-order valence-corrected chi connectivity index (χ1v) is 11.2. The maximum Gasteiger partial charge on any atom is 0.242 e. The maximum atomic E-state index is 13.3. The van der Waals surface area contributed by atoms with Crippen molar-refractivity contribution in [3.05, 3.63) is 35.6 Å². The summed E-state index contributed by atoms with van der Waals surface area (Å²) in [6.07, 6.45) is 3.21. The normalized spacial score (nSPS) is 33.4. The number of nitrogens with two attached hydrogens (primary N) is 1. The number of piperidine rings is 1. The van der Waals surface area contributed by atoms with E-state index in [4.69, 9.17) is 5.73 Å². The lowest BCUT2D eigenvalue weighted by Gasteiger charge is -2.39. The van der Waals surface area contributed by atoms with Crippen LogP contribution in [0, 0.1) is 23.1 Å². The molecule has 0 radical (unpaired) electrons. The van der Waals surface area contributed by atoms with Gasteiger partial charge in [0.05, 0.1) is 24.2 Å². The molecule has 4 aliphatic rings. The van der Waals surface area contributed by atoms with E-state index >= 15 is 0 Å². The second-order valence-corrected chi connectivity index (χ2v) is 9.38. The molecule has 1 aromatic rings. The first-order chi connectivity index (χ1) is 14.9. The molecule has 7 atom stereocenters. The average Bonchev–Trinajstić information content (AvgIpc) is 3.10. The molecule has 164 valence electrons. The predicted octanol–water partition coefficient (Wildman–Crippen LogP) is 1.40. The highest BCUT2D eigenvalue weighted by Gasteiger charge is 2.56. The van der Waals surface area contributed by atoms with Crippen LogP contribution in [0.4, 0.5) is 4.39 Å². The molecular weight excluding hydrogens is 397 g/mol. The summed E-state index contributed by atoms with van der Waals surface area (Å²) in [5.41, 5.74) is 7.22. The van der Waals surface area contributed by atoms with Gasteiger partial charge in [0.2, 0.25) is 11.8 Å². The van der Waals surface area contributed by atoms with Crippen molar-refractivity contribution in [1.82, 2.24) is 14.7 Å². The molecule has 4 fully saturated rings. The van der Waals surface area contributed by atoms with Gasteiger partial charge in [-0.1, -0.05) is 19.1 Å². The molecule has 2 bridgehead atoms. The average molecular weight is 426 g/mol. The van der Waals surface area contributed by atoms with Crippen LogP contribution in [0.15, 0.2) is 24.3 Å². The van der Waals surface area contributed by atoms with Crippen molar-refractivity contribution < 1.29 is 14.0 Å². The Hall–Kier alpha value is -2.50. The smallest absolute Gasteiger partial charge is 0.242 e. The SMILES string of the molecule is CC[C@@H](c1ccc(F)cc1)N1C(=O)[C@H]2C[C@@H]1CN2C[C@H](N)C(=O)N1[C@H](C#N)CC2C[C@@H]21. The van der Waals surface area contributed by atoms with Gasteiger partial charge in [-0.05, 0) is 49.3 Å². The van der Waals surface area contributed by atoms with Crippen LogP contribution >= 0.6 is 0 Å². The Morgan fingerprint density at radius 1 is 1.29 bits per heavy atom. The number of nitriles is 1. The van der Waals surface area contributed by atoms with Gasteiger partial charge in [-0.15, -0.1) is 0 Å². The fraction of sp³-hybridized carbons (Fsp3) is 0.609. The van der Waals surface area contributed by atoms with Crippen LogP contribution in [-0.4, -0.2) is 69.8 Å². The van der Waals surface area contributed by atoms with Crippen molar-refractivity contribution in [3.8, 4) is 6.07 Å². The summed E-state index contributed by atoms with van der Waals surface area (Å²) in [6, 6.07) is 7.42. The summed E-state index contributed by atoms with van der Waals surface area (Å²) < 4.78 is 13.3. The Kier molecular flexibility index (Phi) is 4.98. The van der Waals surface area contributed by atoms with Gasteiger partial charge in [-0.2, -0.15) is 5.26 Å². The molecule has 1 aliphatic carbocycles. The number of hydrogen-bond donors (Lipinski definition) is 1. The summed E-state index contributed by atoms with van der Waals surface area (Å²) >= 11 is 0. The van der Waals surface area contributed by atoms with E-state index in [0.29, 0.717) is 19.0 Å². The van der Waals surface area contributed by atoms with E-state index in [2.05, 4.69) is 6.07 Å². The zero-order valence-electron chi connectivity index (χ0n) is 17.7. The first-order valence-electron chi connectivity index (χ1n) is 11.2. The standard InChI is InChI=1S/C23H28FN5O2/c1-2-19(13-3-5-15(24)6-4-13)29-17-9-21(23(29)31)27(11-17)12-18(26)22(30)28-16(10-25)7-14-8-20(14)28/h3-6,14,16-21H,2,7-9,11-12,26H2,1H3/t14?,16-,17+,18-,19-,20-,21+/m0/s1.